The fourth-order valence-corrected chi connectivity index (χ4v) is 3.67. The second-order valence-corrected chi connectivity index (χ2v) is 6.98. The van der Waals surface area contributed by atoms with E-state index in [1.165, 1.54) is 6.07 Å². The largest absolute Gasteiger partial charge is 0.545 e. The van der Waals surface area contributed by atoms with Crippen LogP contribution in [-0.4, -0.2) is 10.4 Å². The molecule has 2 heterocycles. The number of carboxylic acid groups (broad SMARTS) is 1. The molecule has 1 aliphatic carbocycles. The van der Waals surface area contributed by atoms with E-state index in [-0.39, 0.29) is 5.92 Å². The molecule has 1 saturated carbocycles. The molecule has 0 amide bonds. The summed E-state index contributed by atoms with van der Waals surface area (Å²) >= 11 is 0. The number of fused-ring (bicyclic) bond motifs is 1. The first-order valence-corrected chi connectivity index (χ1v) is 8.81. The fourth-order valence-electron chi connectivity index (χ4n) is 3.67. The van der Waals surface area contributed by atoms with Gasteiger partial charge in [-0.15, -0.1) is 0 Å². The Morgan fingerprint density at radius 2 is 1.96 bits per heavy atom. The summed E-state index contributed by atoms with van der Waals surface area (Å²) in [5.74, 6) is -1.95. The minimum Gasteiger partial charge on any atom is -0.545 e. The molecule has 0 radical (unpaired) electrons. The van der Waals surface area contributed by atoms with Gasteiger partial charge in [-0.2, -0.15) is 0 Å². The minimum absolute atomic E-state index is 0.176. The highest BCUT2D eigenvalue weighted by molar-refractivity contribution is 5.88. The molecule has 4 rings (SSSR count). The van der Waals surface area contributed by atoms with E-state index in [0.717, 1.165) is 34.6 Å². The van der Waals surface area contributed by atoms with Gasteiger partial charge in [-0.05, 0) is 54.0 Å². The summed E-state index contributed by atoms with van der Waals surface area (Å²) in [4.78, 5) is 23.9. The van der Waals surface area contributed by atoms with Gasteiger partial charge in [-0.1, -0.05) is 24.3 Å². The number of aromatic nitrogens is 1. The first kappa shape index (κ1) is 17.4. The number of rotatable bonds is 4. The van der Waals surface area contributed by atoms with Crippen LogP contribution in [0.3, 0.4) is 0 Å². The number of aromatic carboxylic acids is 1. The van der Waals surface area contributed by atoms with Gasteiger partial charge in [0.25, 0.3) is 5.56 Å². The maximum atomic E-state index is 15.0. The number of benzene rings is 1. The number of aryl methyl sites for hydroxylation is 1. The van der Waals surface area contributed by atoms with Gasteiger partial charge >= 0.3 is 0 Å². The number of pyridine rings is 2. The summed E-state index contributed by atoms with van der Waals surface area (Å²) in [6.45, 7) is 2.15. The molecular weight excluding hydrogens is 347 g/mol. The van der Waals surface area contributed by atoms with Gasteiger partial charge in [0.1, 0.15) is 5.82 Å². The molecule has 138 valence electrons. The van der Waals surface area contributed by atoms with Gasteiger partial charge in [0, 0.05) is 18.3 Å². The number of halogens is 1. The van der Waals surface area contributed by atoms with E-state index in [9.17, 15) is 19.1 Å². The Labute approximate surface area is 154 Å². The Kier molecular flexibility index (Phi) is 4.08. The summed E-state index contributed by atoms with van der Waals surface area (Å²) in [6, 6.07) is 8.68. The highest BCUT2D eigenvalue weighted by atomic mass is 19.1. The normalized spacial score (nSPS) is 13.9. The van der Waals surface area contributed by atoms with Crippen molar-refractivity contribution in [3.05, 3.63) is 75.0 Å². The average molecular weight is 365 g/mol. The Morgan fingerprint density at radius 3 is 2.52 bits per heavy atom. The zero-order chi connectivity index (χ0) is 19.3. The number of carboxylic acids is 1. The molecule has 2 N–H and O–H groups in total. The van der Waals surface area contributed by atoms with E-state index in [1.807, 2.05) is 12.1 Å². The number of hydrogen-bond donors (Lipinski definition) is 1. The molecule has 27 heavy (non-hydrogen) atoms. The van der Waals surface area contributed by atoms with Crippen LogP contribution < -0.4 is 16.4 Å². The highest BCUT2D eigenvalue weighted by Crippen LogP contribution is 2.43. The molecule has 0 spiro atoms. The van der Waals surface area contributed by atoms with Crippen LogP contribution >= 0.6 is 0 Å². The van der Waals surface area contributed by atoms with Gasteiger partial charge in [-0.3, -0.25) is 9.20 Å². The van der Waals surface area contributed by atoms with Gasteiger partial charge < -0.3 is 15.6 Å². The van der Waals surface area contributed by atoms with Crippen molar-refractivity contribution in [2.24, 2.45) is 5.73 Å². The Bertz CT molecular complexity index is 1130. The molecule has 0 saturated heterocycles. The van der Waals surface area contributed by atoms with Crippen LogP contribution in [0.5, 0.6) is 0 Å². The van der Waals surface area contributed by atoms with Crippen molar-refractivity contribution in [3.63, 3.8) is 0 Å². The van der Waals surface area contributed by atoms with Crippen molar-refractivity contribution in [3.8, 4) is 11.1 Å². The third-order valence-electron chi connectivity index (χ3n) is 5.19. The Hall–Kier alpha value is -2.99. The van der Waals surface area contributed by atoms with Crippen LogP contribution in [0.1, 0.15) is 45.8 Å². The highest BCUT2D eigenvalue weighted by Gasteiger charge is 2.29. The maximum Gasteiger partial charge on any atom is 0.264 e. The predicted molar refractivity (Wildman–Crippen MR) is 98.0 cm³/mol. The summed E-state index contributed by atoms with van der Waals surface area (Å²) in [6.07, 6.45) is 2.91. The van der Waals surface area contributed by atoms with Gasteiger partial charge in [0.05, 0.1) is 17.0 Å². The lowest BCUT2D eigenvalue weighted by molar-refractivity contribution is -0.255. The van der Waals surface area contributed by atoms with Crippen molar-refractivity contribution in [1.82, 2.24) is 4.40 Å². The first-order valence-electron chi connectivity index (χ1n) is 8.81. The standard InChI is InChI=1S/C21H19FN2O3/c1-11-18(14-4-2-12(9-23)3-5-14)17(22)10-24-19(11)15(13-6-7-13)8-16(20(24)25)21(26)27/h2-5,8,10,13H,6-7,9,23H2,1H3,(H,26,27)/p-1. The lowest BCUT2D eigenvalue weighted by Gasteiger charge is -2.17. The zero-order valence-electron chi connectivity index (χ0n) is 14.8. The SMILES string of the molecule is Cc1c(-c2ccc(CN)cc2)c(F)cn2c(=O)c(C(=O)[O-])cc(C3CC3)c12. The third-order valence-corrected chi connectivity index (χ3v) is 5.19. The number of carbonyl (C=O) groups is 1. The zero-order valence-corrected chi connectivity index (χ0v) is 14.8. The van der Waals surface area contributed by atoms with Gasteiger partial charge in [0.15, 0.2) is 0 Å². The molecule has 2 aromatic heterocycles. The lowest BCUT2D eigenvalue weighted by Crippen LogP contribution is -2.32. The topological polar surface area (TPSA) is 87.6 Å². The van der Waals surface area contributed by atoms with Gasteiger partial charge in [0.2, 0.25) is 0 Å². The first-order chi connectivity index (χ1) is 12.9. The van der Waals surface area contributed by atoms with Crippen LogP contribution in [-0.2, 0) is 6.54 Å². The number of carbonyl (C=O) groups excluding carboxylic acids is 1. The van der Waals surface area contributed by atoms with E-state index >= 15 is 0 Å². The van der Waals surface area contributed by atoms with Crippen molar-refractivity contribution < 1.29 is 14.3 Å². The quantitative estimate of drug-likeness (QED) is 0.767. The molecule has 1 aliphatic rings. The number of hydrogen-bond acceptors (Lipinski definition) is 4. The molecule has 5 nitrogen and oxygen atoms in total. The number of nitrogens with two attached hydrogens (primary N) is 1. The molecule has 0 unspecified atom stereocenters. The Morgan fingerprint density at radius 1 is 1.30 bits per heavy atom. The lowest BCUT2D eigenvalue weighted by atomic mass is 9.95. The maximum absolute atomic E-state index is 15.0. The molecule has 1 fully saturated rings. The smallest absolute Gasteiger partial charge is 0.264 e. The predicted octanol–water partition coefficient (Wildman–Crippen LogP) is 2.11. The molecule has 1 aromatic carbocycles. The van der Waals surface area contributed by atoms with Crippen molar-refractivity contribution in [1.29, 1.82) is 0 Å². The second kappa shape index (κ2) is 6.32. The van der Waals surface area contributed by atoms with Crippen LogP contribution in [0.4, 0.5) is 4.39 Å². The van der Waals surface area contributed by atoms with E-state index < -0.39 is 22.9 Å². The van der Waals surface area contributed by atoms with Crippen LogP contribution in [0.25, 0.3) is 16.6 Å². The van der Waals surface area contributed by atoms with Crippen molar-refractivity contribution in [2.75, 3.05) is 0 Å². The second-order valence-electron chi connectivity index (χ2n) is 6.98. The van der Waals surface area contributed by atoms with Crippen LogP contribution in [0.15, 0.2) is 41.3 Å². The molecular formula is C21H18FN2O3-. The fraction of sp³-hybridized carbons (Fsp3) is 0.238. The number of nitrogens with zero attached hydrogens (tertiary/aromatic N) is 1. The summed E-state index contributed by atoms with van der Waals surface area (Å²) in [5, 5.41) is 11.4. The minimum atomic E-state index is -1.55. The molecule has 0 bridgehead atoms. The average Bonchev–Trinajstić information content (AvgIpc) is 3.48. The van der Waals surface area contributed by atoms with E-state index in [0.29, 0.717) is 28.8 Å². The monoisotopic (exact) mass is 365 g/mol. The molecule has 3 aromatic rings. The van der Waals surface area contributed by atoms with E-state index in [2.05, 4.69) is 0 Å². The third kappa shape index (κ3) is 2.82. The summed E-state index contributed by atoms with van der Waals surface area (Å²) in [7, 11) is 0. The van der Waals surface area contributed by atoms with Gasteiger partial charge in [-0.25, -0.2) is 4.39 Å². The van der Waals surface area contributed by atoms with E-state index in [4.69, 9.17) is 5.73 Å². The van der Waals surface area contributed by atoms with Crippen molar-refractivity contribution in [2.45, 2.75) is 32.2 Å². The Balaban J connectivity index is 2.05. The van der Waals surface area contributed by atoms with Crippen LogP contribution in [0, 0.1) is 12.7 Å². The molecule has 0 aliphatic heterocycles. The molecule has 0 atom stereocenters. The summed E-state index contributed by atoms with van der Waals surface area (Å²) < 4.78 is 16.1. The summed E-state index contributed by atoms with van der Waals surface area (Å²) in [5.41, 5.74) is 8.37. The van der Waals surface area contributed by atoms with E-state index in [1.54, 1.807) is 19.1 Å². The van der Waals surface area contributed by atoms with Crippen LogP contribution in [0.2, 0.25) is 0 Å². The van der Waals surface area contributed by atoms with Crippen molar-refractivity contribution >= 4 is 11.5 Å². The molecule has 6 heteroatoms.